The lowest BCUT2D eigenvalue weighted by Gasteiger charge is -2.24. The maximum Gasteiger partial charge on any atom is 0.0994 e. The zero-order valence-corrected chi connectivity index (χ0v) is 9.93. The van der Waals surface area contributed by atoms with Gasteiger partial charge < -0.3 is 9.88 Å². The molecule has 0 aliphatic carbocycles. The molecule has 0 spiro atoms. The van der Waals surface area contributed by atoms with Crippen molar-refractivity contribution in [3.8, 4) is 5.69 Å². The summed E-state index contributed by atoms with van der Waals surface area (Å²) in [5.41, 5.74) is 2.51. The van der Waals surface area contributed by atoms with E-state index in [0.717, 1.165) is 25.2 Å². The van der Waals surface area contributed by atoms with Crippen LogP contribution in [0.3, 0.4) is 0 Å². The number of aromatic nitrogens is 3. The molecule has 4 heteroatoms. The van der Waals surface area contributed by atoms with E-state index in [4.69, 9.17) is 0 Å². The summed E-state index contributed by atoms with van der Waals surface area (Å²) in [5.74, 6) is 0. The number of hydrogen-bond donors (Lipinski definition) is 1. The van der Waals surface area contributed by atoms with Gasteiger partial charge in [0.25, 0.3) is 0 Å². The average molecular weight is 228 g/mol. The topological polar surface area (TPSA) is 42.7 Å². The maximum atomic E-state index is 4.30. The summed E-state index contributed by atoms with van der Waals surface area (Å²) in [6, 6.07) is 4.01. The van der Waals surface area contributed by atoms with Gasteiger partial charge in [0.2, 0.25) is 0 Å². The Morgan fingerprint density at radius 3 is 3.00 bits per heavy atom. The zero-order valence-electron chi connectivity index (χ0n) is 9.93. The highest BCUT2D eigenvalue weighted by Crippen LogP contribution is 2.31. The molecular formula is C13H16N4. The van der Waals surface area contributed by atoms with Crippen molar-refractivity contribution in [2.24, 2.45) is 0 Å². The van der Waals surface area contributed by atoms with Crippen LogP contribution in [0.5, 0.6) is 0 Å². The summed E-state index contributed by atoms with van der Waals surface area (Å²) in [5, 5.41) is 3.42. The SMILES string of the molecule is CC1(c2cncn2-c2cccnc2)CCNC1. The maximum absolute atomic E-state index is 4.30. The first kappa shape index (κ1) is 10.5. The molecule has 3 rings (SSSR count). The van der Waals surface area contributed by atoms with E-state index in [-0.39, 0.29) is 5.41 Å². The normalized spacial score (nSPS) is 24.1. The second kappa shape index (κ2) is 3.96. The van der Waals surface area contributed by atoms with E-state index in [2.05, 4.69) is 32.8 Å². The first-order chi connectivity index (χ1) is 8.30. The average Bonchev–Trinajstić information content (AvgIpc) is 2.99. The second-order valence-corrected chi connectivity index (χ2v) is 4.85. The van der Waals surface area contributed by atoms with Gasteiger partial charge in [-0.25, -0.2) is 4.98 Å². The molecule has 0 radical (unpaired) electrons. The fourth-order valence-corrected chi connectivity index (χ4v) is 2.48. The van der Waals surface area contributed by atoms with Crippen molar-refractivity contribution in [2.45, 2.75) is 18.8 Å². The van der Waals surface area contributed by atoms with Crippen LogP contribution in [0.2, 0.25) is 0 Å². The molecule has 0 bridgehead atoms. The van der Waals surface area contributed by atoms with Crippen LogP contribution in [0.15, 0.2) is 37.1 Å². The molecule has 1 saturated heterocycles. The van der Waals surface area contributed by atoms with Crippen molar-refractivity contribution in [1.29, 1.82) is 0 Å². The van der Waals surface area contributed by atoms with Gasteiger partial charge in [0, 0.05) is 30.0 Å². The van der Waals surface area contributed by atoms with E-state index in [0.29, 0.717) is 0 Å². The molecule has 1 N–H and O–H groups in total. The van der Waals surface area contributed by atoms with E-state index in [9.17, 15) is 0 Å². The number of imidazole rings is 1. The molecule has 3 heterocycles. The molecule has 2 aromatic rings. The second-order valence-electron chi connectivity index (χ2n) is 4.85. The van der Waals surface area contributed by atoms with E-state index in [1.165, 1.54) is 5.69 Å². The lowest BCUT2D eigenvalue weighted by atomic mass is 9.86. The molecule has 1 atom stereocenters. The summed E-state index contributed by atoms with van der Waals surface area (Å²) < 4.78 is 2.14. The third-order valence-corrected chi connectivity index (χ3v) is 3.55. The standard InChI is InChI=1S/C13H16N4/c1-13(4-6-15-9-13)12-8-16-10-17(12)11-3-2-5-14-7-11/h2-3,5,7-8,10,15H,4,6,9H2,1H3. The van der Waals surface area contributed by atoms with Gasteiger partial charge >= 0.3 is 0 Å². The van der Waals surface area contributed by atoms with Crippen LogP contribution in [-0.4, -0.2) is 27.6 Å². The molecule has 0 aromatic carbocycles. The predicted molar refractivity (Wildman–Crippen MR) is 66.2 cm³/mol. The van der Waals surface area contributed by atoms with Gasteiger partial charge in [-0.05, 0) is 25.1 Å². The third kappa shape index (κ3) is 1.74. The minimum atomic E-state index is 0.173. The first-order valence-corrected chi connectivity index (χ1v) is 5.94. The lowest BCUT2D eigenvalue weighted by molar-refractivity contribution is 0.498. The van der Waals surface area contributed by atoms with Gasteiger partial charge in [-0.3, -0.25) is 4.98 Å². The summed E-state index contributed by atoms with van der Waals surface area (Å²) >= 11 is 0. The van der Waals surface area contributed by atoms with Gasteiger partial charge in [-0.1, -0.05) is 6.92 Å². The Morgan fingerprint density at radius 1 is 1.35 bits per heavy atom. The molecule has 17 heavy (non-hydrogen) atoms. The molecule has 4 nitrogen and oxygen atoms in total. The fraction of sp³-hybridized carbons (Fsp3) is 0.385. The number of hydrogen-bond acceptors (Lipinski definition) is 3. The number of nitrogens with zero attached hydrogens (tertiary/aromatic N) is 3. The van der Waals surface area contributed by atoms with E-state index in [1.807, 2.05) is 24.8 Å². The fourth-order valence-electron chi connectivity index (χ4n) is 2.48. The minimum absolute atomic E-state index is 0.173. The highest BCUT2D eigenvalue weighted by atomic mass is 15.1. The van der Waals surface area contributed by atoms with Crippen LogP contribution in [0.1, 0.15) is 19.0 Å². The van der Waals surface area contributed by atoms with E-state index >= 15 is 0 Å². The van der Waals surface area contributed by atoms with Crippen LogP contribution in [0, 0.1) is 0 Å². The highest BCUT2D eigenvalue weighted by Gasteiger charge is 2.33. The Kier molecular flexibility index (Phi) is 2.44. The monoisotopic (exact) mass is 228 g/mol. The van der Waals surface area contributed by atoms with Gasteiger partial charge in [0.1, 0.15) is 0 Å². The lowest BCUT2D eigenvalue weighted by Crippen LogP contribution is -2.27. The molecule has 1 aliphatic heterocycles. The number of pyridine rings is 1. The summed E-state index contributed by atoms with van der Waals surface area (Å²) in [6.07, 6.45) is 8.66. The van der Waals surface area contributed by atoms with Crippen molar-refractivity contribution < 1.29 is 0 Å². The summed E-state index contributed by atoms with van der Waals surface area (Å²) in [7, 11) is 0. The van der Waals surface area contributed by atoms with Crippen molar-refractivity contribution in [2.75, 3.05) is 13.1 Å². The van der Waals surface area contributed by atoms with Crippen LogP contribution in [0.25, 0.3) is 5.69 Å². The summed E-state index contributed by atoms with van der Waals surface area (Å²) in [6.45, 7) is 4.38. The van der Waals surface area contributed by atoms with Gasteiger partial charge in [0.15, 0.2) is 0 Å². The van der Waals surface area contributed by atoms with Crippen LogP contribution < -0.4 is 5.32 Å². The Labute approximate surface area is 101 Å². The van der Waals surface area contributed by atoms with E-state index < -0.39 is 0 Å². The van der Waals surface area contributed by atoms with Gasteiger partial charge in [-0.15, -0.1) is 0 Å². The molecule has 0 amide bonds. The zero-order chi connectivity index (χ0) is 11.7. The molecule has 0 saturated carbocycles. The van der Waals surface area contributed by atoms with Crippen molar-refractivity contribution >= 4 is 0 Å². The van der Waals surface area contributed by atoms with Gasteiger partial charge in [0.05, 0.1) is 18.2 Å². The molecule has 1 unspecified atom stereocenters. The predicted octanol–water partition coefficient (Wildman–Crippen LogP) is 1.52. The largest absolute Gasteiger partial charge is 0.316 e. The van der Waals surface area contributed by atoms with Gasteiger partial charge in [-0.2, -0.15) is 0 Å². The van der Waals surface area contributed by atoms with Crippen molar-refractivity contribution in [1.82, 2.24) is 19.9 Å². The molecular weight excluding hydrogens is 212 g/mol. The Hall–Kier alpha value is -1.68. The molecule has 1 fully saturated rings. The van der Waals surface area contributed by atoms with Crippen molar-refractivity contribution in [3.63, 3.8) is 0 Å². The van der Waals surface area contributed by atoms with Crippen LogP contribution in [-0.2, 0) is 5.41 Å². The number of rotatable bonds is 2. The minimum Gasteiger partial charge on any atom is -0.316 e. The smallest absolute Gasteiger partial charge is 0.0994 e. The quantitative estimate of drug-likeness (QED) is 0.847. The molecule has 88 valence electrons. The highest BCUT2D eigenvalue weighted by molar-refractivity contribution is 5.33. The Bertz CT molecular complexity index is 497. The van der Waals surface area contributed by atoms with E-state index in [1.54, 1.807) is 6.20 Å². The third-order valence-electron chi connectivity index (χ3n) is 3.55. The molecule has 1 aliphatic rings. The van der Waals surface area contributed by atoms with Crippen LogP contribution in [0.4, 0.5) is 0 Å². The Balaban J connectivity index is 2.05. The Morgan fingerprint density at radius 2 is 2.29 bits per heavy atom. The first-order valence-electron chi connectivity index (χ1n) is 5.94. The molecule has 2 aromatic heterocycles. The number of nitrogens with one attached hydrogen (secondary N) is 1. The van der Waals surface area contributed by atoms with Crippen molar-refractivity contribution in [3.05, 3.63) is 42.7 Å². The van der Waals surface area contributed by atoms with Crippen LogP contribution >= 0.6 is 0 Å². The summed E-state index contributed by atoms with van der Waals surface area (Å²) in [4.78, 5) is 8.46.